The van der Waals surface area contributed by atoms with Crippen LogP contribution in [0.1, 0.15) is 71.3 Å². The summed E-state index contributed by atoms with van der Waals surface area (Å²) in [5.74, 6) is 0.735. The van der Waals surface area contributed by atoms with Gasteiger partial charge in [-0.15, -0.1) is 0 Å². The summed E-state index contributed by atoms with van der Waals surface area (Å²) in [5, 5.41) is 13.3. The van der Waals surface area contributed by atoms with Crippen molar-refractivity contribution in [1.82, 2.24) is 9.88 Å². The van der Waals surface area contributed by atoms with Crippen LogP contribution in [-0.4, -0.2) is 51.8 Å². The number of amides is 2. The topological polar surface area (TPSA) is 118 Å². The molecule has 0 bridgehead atoms. The summed E-state index contributed by atoms with van der Waals surface area (Å²) in [5.41, 5.74) is 10.3. The Morgan fingerprint density at radius 3 is 2.26 bits per heavy atom. The van der Waals surface area contributed by atoms with Crippen LogP contribution in [0.4, 0.5) is 10.6 Å². The number of ether oxygens (including phenoxy) is 1. The first-order valence-corrected chi connectivity index (χ1v) is 15.3. The van der Waals surface area contributed by atoms with Crippen LogP contribution in [0.15, 0.2) is 66.9 Å². The monoisotopic (exact) mass is 584 g/mol. The van der Waals surface area contributed by atoms with Crippen molar-refractivity contribution in [1.29, 1.82) is 0 Å². The van der Waals surface area contributed by atoms with Crippen LogP contribution in [-0.2, 0) is 15.1 Å². The second-order valence-corrected chi connectivity index (χ2v) is 13.0. The van der Waals surface area contributed by atoms with E-state index < -0.39 is 11.1 Å². The molecule has 228 valence electrons. The molecule has 8 heteroatoms. The number of carbonyl (C=O) groups excluding carboxylic acids is 2. The molecule has 1 aromatic heterocycles. The Bertz CT molecular complexity index is 1420. The van der Waals surface area contributed by atoms with E-state index >= 15 is 0 Å². The third-order valence-corrected chi connectivity index (χ3v) is 8.88. The van der Waals surface area contributed by atoms with Crippen molar-refractivity contribution in [3.05, 3.63) is 72.4 Å². The molecule has 3 aromatic rings. The lowest BCUT2D eigenvalue weighted by atomic mass is 9.63. The number of nitrogens with zero attached hydrogens (tertiary/aromatic N) is 2. The van der Waals surface area contributed by atoms with E-state index in [4.69, 9.17) is 10.5 Å². The summed E-state index contributed by atoms with van der Waals surface area (Å²) in [6, 6.07) is 20.3. The predicted molar refractivity (Wildman–Crippen MR) is 169 cm³/mol. The quantitative estimate of drug-likeness (QED) is 0.279. The van der Waals surface area contributed by atoms with Gasteiger partial charge in [-0.25, -0.2) is 9.78 Å². The van der Waals surface area contributed by atoms with E-state index in [0.29, 0.717) is 25.1 Å². The van der Waals surface area contributed by atoms with Crippen LogP contribution in [0.3, 0.4) is 0 Å². The van der Waals surface area contributed by atoms with E-state index in [0.717, 1.165) is 53.5 Å². The van der Waals surface area contributed by atoms with Crippen molar-refractivity contribution >= 4 is 17.8 Å². The molecule has 5 rings (SSSR count). The third kappa shape index (κ3) is 7.25. The molecule has 0 spiro atoms. The van der Waals surface area contributed by atoms with Crippen LogP contribution < -0.4 is 11.1 Å². The van der Waals surface area contributed by atoms with Gasteiger partial charge in [-0.3, -0.25) is 4.79 Å². The lowest BCUT2D eigenvalue weighted by molar-refractivity contribution is -0.117. The standard InChI is InChI=1S/C35H44N4O4/c1-23(2)43-33(41)39(4)28-16-10-24(11-17-28)18-32(40)38-31-19-29(25-8-6-5-7-9-25)30(20-37-31)26-12-14-27(15-13-26)35(36)21-34(3,42)22-35/h5-9,12-15,19-20,23-24,28,42H,10-11,16-18,21-22,36H2,1-4H3,(H,37,38,40)/t24?,28?,34-,35-. The van der Waals surface area contributed by atoms with Gasteiger partial charge in [0.1, 0.15) is 5.82 Å². The molecule has 2 fully saturated rings. The van der Waals surface area contributed by atoms with Gasteiger partial charge in [-0.2, -0.15) is 0 Å². The van der Waals surface area contributed by atoms with E-state index in [-0.39, 0.29) is 30.1 Å². The molecule has 0 atom stereocenters. The maximum absolute atomic E-state index is 13.1. The molecule has 0 saturated heterocycles. The minimum atomic E-state index is -0.711. The molecule has 2 aliphatic carbocycles. The van der Waals surface area contributed by atoms with Gasteiger partial charge in [0.2, 0.25) is 5.91 Å². The first-order chi connectivity index (χ1) is 20.4. The van der Waals surface area contributed by atoms with Crippen molar-refractivity contribution in [2.24, 2.45) is 11.7 Å². The lowest BCUT2D eigenvalue weighted by Crippen LogP contribution is -2.58. The van der Waals surface area contributed by atoms with Crippen molar-refractivity contribution in [2.45, 2.75) is 89.0 Å². The molecule has 43 heavy (non-hydrogen) atoms. The summed E-state index contributed by atoms with van der Waals surface area (Å²) in [6.07, 6.45) is 6.37. The molecule has 2 amide bonds. The van der Waals surface area contributed by atoms with E-state index in [2.05, 4.69) is 34.6 Å². The number of nitrogens with one attached hydrogen (secondary N) is 1. The number of aliphatic hydroxyl groups is 1. The SMILES string of the molecule is CC(C)OC(=O)N(C)C1CCC(CC(=O)Nc2cc(-c3ccccc3)c(-c3ccc([C@]4(N)C[C@](C)(O)C4)cc3)cn2)CC1. The molecule has 0 unspecified atom stereocenters. The van der Waals surface area contributed by atoms with Gasteiger partial charge in [-0.1, -0.05) is 54.6 Å². The average Bonchev–Trinajstić information content (AvgIpc) is 2.96. The maximum atomic E-state index is 13.1. The number of aromatic nitrogens is 1. The first kappa shape index (κ1) is 30.7. The number of hydrogen-bond donors (Lipinski definition) is 3. The van der Waals surface area contributed by atoms with Gasteiger partial charge in [0.25, 0.3) is 0 Å². The van der Waals surface area contributed by atoms with Crippen molar-refractivity contribution < 1.29 is 19.4 Å². The van der Waals surface area contributed by atoms with Crippen molar-refractivity contribution in [3.8, 4) is 22.3 Å². The minimum absolute atomic E-state index is 0.0516. The summed E-state index contributed by atoms with van der Waals surface area (Å²) in [7, 11) is 1.80. The van der Waals surface area contributed by atoms with E-state index in [9.17, 15) is 14.7 Å². The zero-order chi connectivity index (χ0) is 30.8. The predicted octanol–water partition coefficient (Wildman–Crippen LogP) is 6.48. The van der Waals surface area contributed by atoms with Crippen LogP contribution in [0, 0.1) is 5.92 Å². The molecule has 1 heterocycles. The van der Waals surface area contributed by atoms with Crippen LogP contribution in [0.5, 0.6) is 0 Å². The highest BCUT2D eigenvalue weighted by Gasteiger charge is 2.49. The van der Waals surface area contributed by atoms with Gasteiger partial charge in [0, 0.05) is 36.8 Å². The summed E-state index contributed by atoms with van der Waals surface area (Å²) < 4.78 is 5.34. The fourth-order valence-electron chi connectivity index (χ4n) is 6.73. The highest BCUT2D eigenvalue weighted by molar-refractivity contribution is 5.92. The first-order valence-electron chi connectivity index (χ1n) is 15.3. The second-order valence-electron chi connectivity index (χ2n) is 13.0. The molecule has 2 aliphatic rings. The Morgan fingerprint density at radius 1 is 1.02 bits per heavy atom. The molecule has 0 radical (unpaired) electrons. The number of carbonyl (C=O) groups is 2. The van der Waals surface area contributed by atoms with Gasteiger partial charge >= 0.3 is 6.09 Å². The fourth-order valence-corrected chi connectivity index (χ4v) is 6.73. The van der Waals surface area contributed by atoms with Gasteiger partial charge in [-0.05, 0) is 93.5 Å². The normalized spacial score (nSPS) is 25.1. The Labute approximate surface area is 254 Å². The largest absolute Gasteiger partial charge is 0.447 e. The number of hydrogen-bond acceptors (Lipinski definition) is 6. The number of pyridine rings is 1. The maximum Gasteiger partial charge on any atom is 0.410 e. The van der Waals surface area contributed by atoms with Crippen LogP contribution in [0.2, 0.25) is 0 Å². The van der Waals surface area contributed by atoms with Gasteiger partial charge < -0.3 is 25.8 Å². The lowest BCUT2D eigenvalue weighted by Gasteiger charge is -2.49. The van der Waals surface area contributed by atoms with Crippen LogP contribution in [0.25, 0.3) is 22.3 Å². The minimum Gasteiger partial charge on any atom is -0.447 e. The number of nitrogens with two attached hydrogens (primary N) is 1. The number of anilines is 1. The molecule has 8 nitrogen and oxygen atoms in total. The van der Waals surface area contributed by atoms with Crippen molar-refractivity contribution in [3.63, 3.8) is 0 Å². The Hall–Kier alpha value is -3.75. The Balaban J connectivity index is 1.25. The Morgan fingerprint density at radius 2 is 1.65 bits per heavy atom. The molecule has 0 aliphatic heterocycles. The smallest absolute Gasteiger partial charge is 0.410 e. The van der Waals surface area contributed by atoms with Crippen LogP contribution >= 0.6 is 0 Å². The third-order valence-electron chi connectivity index (χ3n) is 8.88. The molecule has 4 N–H and O–H groups in total. The van der Waals surface area contributed by atoms with Gasteiger partial charge in [0.15, 0.2) is 0 Å². The highest BCUT2D eigenvalue weighted by atomic mass is 16.6. The van der Waals surface area contributed by atoms with E-state index in [1.807, 2.05) is 63.4 Å². The second kappa shape index (κ2) is 12.5. The van der Waals surface area contributed by atoms with Crippen molar-refractivity contribution in [2.75, 3.05) is 12.4 Å². The molecule has 2 aromatic carbocycles. The number of rotatable bonds is 8. The fraction of sp³-hybridized carbons (Fsp3) is 0.457. The summed E-state index contributed by atoms with van der Waals surface area (Å²) in [6.45, 7) is 5.52. The summed E-state index contributed by atoms with van der Waals surface area (Å²) in [4.78, 5) is 31.7. The summed E-state index contributed by atoms with van der Waals surface area (Å²) >= 11 is 0. The zero-order valence-electron chi connectivity index (χ0n) is 25.7. The van der Waals surface area contributed by atoms with Gasteiger partial charge in [0.05, 0.1) is 11.7 Å². The zero-order valence-corrected chi connectivity index (χ0v) is 25.7. The molecule has 2 saturated carbocycles. The Kier molecular flexibility index (Phi) is 8.90. The highest BCUT2D eigenvalue weighted by Crippen LogP contribution is 2.46. The number of benzene rings is 2. The van der Waals surface area contributed by atoms with E-state index in [1.165, 1.54) is 0 Å². The molecular weight excluding hydrogens is 540 g/mol. The average molecular weight is 585 g/mol. The van der Waals surface area contributed by atoms with E-state index in [1.54, 1.807) is 11.9 Å². The molecular formula is C35H44N4O4.